The van der Waals surface area contributed by atoms with Gasteiger partial charge in [-0.15, -0.1) is 0 Å². The van der Waals surface area contributed by atoms with E-state index in [9.17, 15) is 14.4 Å². The Morgan fingerprint density at radius 3 is 2.25 bits per heavy atom. The fourth-order valence-corrected chi connectivity index (χ4v) is 3.98. The molecule has 0 fully saturated rings. The molecule has 5 aromatic rings. The van der Waals surface area contributed by atoms with Gasteiger partial charge >= 0.3 is 5.97 Å². The molecule has 7 nitrogen and oxygen atoms in total. The first-order chi connectivity index (χ1) is 17.5. The van der Waals surface area contributed by atoms with Crippen LogP contribution in [0.3, 0.4) is 0 Å². The van der Waals surface area contributed by atoms with Crippen molar-refractivity contribution in [3.8, 4) is 22.4 Å². The summed E-state index contributed by atoms with van der Waals surface area (Å²) in [5.74, 6) is -1.12. The molecule has 0 saturated heterocycles. The van der Waals surface area contributed by atoms with Gasteiger partial charge in [0, 0.05) is 17.1 Å². The number of anilines is 1. The molecule has 0 aliphatic carbocycles. The van der Waals surface area contributed by atoms with Gasteiger partial charge in [-0.25, -0.2) is 9.78 Å². The lowest BCUT2D eigenvalue weighted by Crippen LogP contribution is -2.21. The van der Waals surface area contributed by atoms with Crippen LogP contribution in [0.5, 0.6) is 0 Å². The third-order valence-corrected chi connectivity index (χ3v) is 5.82. The summed E-state index contributed by atoms with van der Waals surface area (Å²) in [6.45, 7) is 0. The second-order valence-corrected chi connectivity index (χ2v) is 8.09. The third kappa shape index (κ3) is 4.50. The topological polar surface area (TPSA) is 101 Å². The van der Waals surface area contributed by atoms with Gasteiger partial charge in [-0.2, -0.15) is 0 Å². The summed E-state index contributed by atoms with van der Waals surface area (Å²) in [5, 5.41) is 3.27. The number of ether oxygens (including phenoxy) is 1. The molecule has 7 heteroatoms. The Morgan fingerprint density at radius 2 is 1.50 bits per heavy atom. The molecule has 0 spiro atoms. The minimum absolute atomic E-state index is 0.0578. The molecule has 3 aromatic carbocycles. The molecule has 0 atom stereocenters. The maximum Gasteiger partial charge on any atom is 0.339 e. The first-order valence-corrected chi connectivity index (χ1v) is 11.2. The van der Waals surface area contributed by atoms with Crippen LogP contribution in [0.25, 0.3) is 33.3 Å². The number of benzene rings is 3. The number of pyridine rings is 2. The molecule has 2 N–H and O–H groups in total. The summed E-state index contributed by atoms with van der Waals surface area (Å²) >= 11 is 0. The van der Waals surface area contributed by atoms with E-state index in [1.807, 2.05) is 72.8 Å². The summed E-state index contributed by atoms with van der Waals surface area (Å²) in [6, 6.07) is 28.3. The highest BCUT2D eigenvalue weighted by Gasteiger charge is 2.17. The Balaban J connectivity index is 1.53. The molecule has 0 unspecified atom stereocenters. The fraction of sp³-hybridized carbons (Fsp3) is 0.0345. The molecule has 2 aromatic heterocycles. The lowest BCUT2D eigenvalue weighted by atomic mass is 10.0. The molecule has 0 radical (unpaired) electrons. The van der Waals surface area contributed by atoms with Crippen LogP contribution in [-0.4, -0.2) is 29.0 Å². The zero-order chi connectivity index (χ0) is 25.1. The molecule has 0 bridgehead atoms. The highest BCUT2D eigenvalue weighted by molar-refractivity contribution is 6.13. The monoisotopic (exact) mass is 475 g/mol. The number of esters is 1. The lowest BCUT2D eigenvalue weighted by Gasteiger charge is -2.11. The van der Waals surface area contributed by atoms with Crippen LogP contribution < -0.4 is 10.9 Å². The average Bonchev–Trinajstić information content (AvgIpc) is 2.93. The van der Waals surface area contributed by atoms with Crippen molar-refractivity contribution in [2.24, 2.45) is 0 Å². The van der Waals surface area contributed by atoms with Crippen molar-refractivity contribution in [3.05, 3.63) is 119 Å². The Morgan fingerprint density at radius 1 is 0.833 bits per heavy atom. The molecule has 2 heterocycles. The Kier molecular flexibility index (Phi) is 6.11. The van der Waals surface area contributed by atoms with Crippen LogP contribution in [0.1, 0.15) is 20.7 Å². The number of methoxy groups -OCH3 is 1. The first-order valence-electron chi connectivity index (χ1n) is 11.2. The van der Waals surface area contributed by atoms with Crippen LogP contribution in [0.2, 0.25) is 0 Å². The molecule has 1 amide bonds. The Hall–Kier alpha value is -5.04. The number of nitrogens with zero attached hydrogens (tertiary/aromatic N) is 1. The maximum atomic E-state index is 13.3. The molecular formula is C29H21N3O4. The fourth-order valence-electron chi connectivity index (χ4n) is 3.98. The van der Waals surface area contributed by atoms with Gasteiger partial charge in [0.1, 0.15) is 5.69 Å². The van der Waals surface area contributed by atoms with E-state index in [-0.39, 0.29) is 11.3 Å². The highest BCUT2D eigenvalue weighted by Crippen LogP contribution is 2.28. The van der Waals surface area contributed by atoms with Crippen LogP contribution in [0.4, 0.5) is 5.69 Å². The van der Waals surface area contributed by atoms with Gasteiger partial charge in [-0.1, -0.05) is 72.8 Å². The molecule has 5 rings (SSSR count). The second-order valence-electron chi connectivity index (χ2n) is 8.09. The largest absolute Gasteiger partial charge is 0.465 e. The van der Waals surface area contributed by atoms with Crippen molar-refractivity contribution in [2.45, 2.75) is 0 Å². The minimum Gasteiger partial charge on any atom is -0.465 e. The smallest absolute Gasteiger partial charge is 0.339 e. The highest BCUT2D eigenvalue weighted by atomic mass is 16.5. The van der Waals surface area contributed by atoms with Gasteiger partial charge < -0.3 is 15.0 Å². The number of hydrogen-bond donors (Lipinski definition) is 2. The number of H-pyrrole nitrogens is 1. The number of para-hydroxylation sites is 1. The quantitative estimate of drug-likeness (QED) is 0.336. The van der Waals surface area contributed by atoms with Crippen LogP contribution in [-0.2, 0) is 4.74 Å². The van der Waals surface area contributed by atoms with Crippen LogP contribution in [0, 0.1) is 0 Å². The number of fused-ring (bicyclic) bond motifs is 1. The van der Waals surface area contributed by atoms with Crippen molar-refractivity contribution in [1.29, 1.82) is 0 Å². The van der Waals surface area contributed by atoms with Crippen molar-refractivity contribution in [3.63, 3.8) is 0 Å². The summed E-state index contributed by atoms with van der Waals surface area (Å²) in [4.78, 5) is 44.7. The summed E-state index contributed by atoms with van der Waals surface area (Å²) in [6.07, 6.45) is 1.24. The second kappa shape index (κ2) is 9.68. The predicted molar refractivity (Wildman–Crippen MR) is 139 cm³/mol. The van der Waals surface area contributed by atoms with E-state index in [1.54, 1.807) is 12.1 Å². The van der Waals surface area contributed by atoms with Gasteiger partial charge in [-0.05, 0) is 29.3 Å². The van der Waals surface area contributed by atoms with Gasteiger partial charge in [0.2, 0.25) is 0 Å². The zero-order valence-corrected chi connectivity index (χ0v) is 19.3. The summed E-state index contributed by atoms with van der Waals surface area (Å²) in [7, 11) is 1.24. The van der Waals surface area contributed by atoms with Crippen LogP contribution in [0.15, 0.2) is 102 Å². The van der Waals surface area contributed by atoms with Crippen LogP contribution >= 0.6 is 0 Å². The third-order valence-electron chi connectivity index (χ3n) is 5.82. The molecule has 0 aliphatic rings. The molecule has 0 saturated carbocycles. The Labute approximate surface area is 206 Å². The van der Waals surface area contributed by atoms with E-state index < -0.39 is 17.4 Å². The number of rotatable bonds is 5. The minimum atomic E-state index is -0.627. The van der Waals surface area contributed by atoms with E-state index in [1.165, 1.54) is 19.4 Å². The molecule has 36 heavy (non-hydrogen) atoms. The molecule has 176 valence electrons. The normalized spacial score (nSPS) is 10.7. The number of amides is 1. The Bertz CT molecular complexity index is 1640. The van der Waals surface area contributed by atoms with Gasteiger partial charge in [0.05, 0.1) is 29.4 Å². The first kappa shape index (κ1) is 22.7. The average molecular weight is 476 g/mol. The number of aromatic amines is 1. The van der Waals surface area contributed by atoms with E-state index in [0.29, 0.717) is 22.2 Å². The number of hydrogen-bond acceptors (Lipinski definition) is 5. The number of carbonyl (C=O) groups is 2. The van der Waals surface area contributed by atoms with Crippen molar-refractivity contribution < 1.29 is 14.3 Å². The number of carbonyl (C=O) groups excluding carboxylic acids is 2. The maximum absolute atomic E-state index is 13.3. The van der Waals surface area contributed by atoms with E-state index >= 15 is 0 Å². The van der Waals surface area contributed by atoms with Crippen molar-refractivity contribution >= 4 is 28.5 Å². The van der Waals surface area contributed by atoms with Crippen molar-refractivity contribution in [1.82, 2.24) is 9.97 Å². The zero-order valence-electron chi connectivity index (χ0n) is 19.3. The molecular weight excluding hydrogens is 454 g/mol. The lowest BCUT2D eigenvalue weighted by molar-refractivity contribution is 0.0600. The SMILES string of the molecule is COC(=O)c1c[nH]c(=O)c(NC(=O)c2cc(-c3ccc(-c4ccccc4)cc3)nc3ccccc23)c1. The molecule has 0 aliphatic heterocycles. The number of aromatic nitrogens is 2. The summed E-state index contributed by atoms with van der Waals surface area (Å²) < 4.78 is 4.70. The number of nitrogens with one attached hydrogen (secondary N) is 2. The summed E-state index contributed by atoms with van der Waals surface area (Å²) in [5.41, 5.74) is 4.17. The van der Waals surface area contributed by atoms with Crippen molar-refractivity contribution in [2.75, 3.05) is 12.4 Å². The predicted octanol–water partition coefficient (Wildman–Crippen LogP) is 5.30. The van der Waals surface area contributed by atoms with E-state index in [2.05, 4.69) is 10.3 Å². The van der Waals surface area contributed by atoms with Gasteiger partial charge in [-0.3, -0.25) is 9.59 Å². The van der Waals surface area contributed by atoms with E-state index in [4.69, 9.17) is 9.72 Å². The van der Waals surface area contributed by atoms with Gasteiger partial charge in [0.25, 0.3) is 11.5 Å². The van der Waals surface area contributed by atoms with Gasteiger partial charge in [0.15, 0.2) is 0 Å². The standard InChI is InChI=1S/C29H21N3O4/c1-36-29(35)21-15-26(28(34)30-17-21)32-27(33)23-16-25(31-24-10-6-5-9-22(23)24)20-13-11-19(12-14-20)18-7-3-2-4-8-18/h2-17H,1H3,(H,30,34)(H,32,33). The van der Waals surface area contributed by atoms with E-state index in [0.717, 1.165) is 16.7 Å².